The van der Waals surface area contributed by atoms with Crippen LogP contribution in [-0.4, -0.2) is 51.9 Å². The van der Waals surface area contributed by atoms with Crippen LogP contribution in [0.3, 0.4) is 0 Å². The molecule has 0 bridgehead atoms. The van der Waals surface area contributed by atoms with Crippen LogP contribution < -0.4 is 4.74 Å². The molecular formula is C28H32O9. The van der Waals surface area contributed by atoms with Gasteiger partial charge in [0.1, 0.15) is 11.4 Å². The van der Waals surface area contributed by atoms with Gasteiger partial charge in [-0.15, -0.1) is 6.42 Å². The molecule has 7 atom stereocenters. The molecule has 0 saturated heterocycles. The Morgan fingerprint density at radius 3 is 2.35 bits per heavy atom. The van der Waals surface area contributed by atoms with E-state index in [-0.39, 0.29) is 11.2 Å². The van der Waals surface area contributed by atoms with Crippen molar-refractivity contribution in [3.8, 4) is 18.1 Å². The summed E-state index contributed by atoms with van der Waals surface area (Å²) in [6.45, 7) is 4.11. The normalized spacial score (nSPS) is 31.4. The first-order valence-electron chi connectivity index (χ1n) is 12.5. The maximum atomic E-state index is 12.8. The number of carboxylic acids is 1. The summed E-state index contributed by atoms with van der Waals surface area (Å²) in [6.07, 6.45) is 6.63. The molecule has 0 aromatic heterocycles. The van der Waals surface area contributed by atoms with Gasteiger partial charge < -0.3 is 24.4 Å². The van der Waals surface area contributed by atoms with Gasteiger partial charge in [0.2, 0.25) is 12.2 Å². The minimum atomic E-state index is -2.04. The average molecular weight is 513 g/mol. The highest BCUT2D eigenvalue weighted by atomic mass is 16.6. The van der Waals surface area contributed by atoms with Crippen LogP contribution in [0.15, 0.2) is 18.2 Å². The van der Waals surface area contributed by atoms with Crippen molar-refractivity contribution in [2.75, 3.05) is 0 Å². The summed E-state index contributed by atoms with van der Waals surface area (Å²) in [5.74, 6) is -0.801. The number of fused-ring (bicyclic) bond motifs is 5. The van der Waals surface area contributed by atoms with Crippen LogP contribution in [0.1, 0.15) is 69.9 Å². The lowest BCUT2D eigenvalue weighted by atomic mass is 9.53. The predicted molar refractivity (Wildman–Crippen MR) is 129 cm³/mol. The first-order chi connectivity index (χ1) is 17.4. The highest BCUT2D eigenvalue weighted by Gasteiger charge is 2.61. The number of aryl methyl sites for hydroxylation is 1. The number of carboxylic acid groups (broad SMARTS) is 1. The van der Waals surface area contributed by atoms with E-state index in [1.54, 1.807) is 12.1 Å². The van der Waals surface area contributed by atoms with Gasteiger partial charge in [-0.1, -0.05) is 18.9 Å². The second-order valence-electron chi connectivity index (χ2n) is 10.6. The third kappa shape index (κ3) is 4.71. The summed E-state index contributed by atoms with van der Waals surface area (Å²) in [7, 11) is 0. The molecule has 0 aliphatic heterocycles. The number of ether oxygens (including phenoxy) is 3. The predicted octanol–water partition coefficient (Wildman–Crippen LogP) is 2.76. The summed E-state index contributed by atoms with van der Waals surface area (Å²) < 4.78 is 15.0. The number of esters is 3. The van der Waals surface area contributed by atoms with Crippen molar-refractivity contribution in [3.63, 3.8) is 0 Å². The van der Waals surface area contributed by atoms with Crippen LogP contribution in [-0.2, 0) is 35.1 Å². The second-order valence-corrected chi connectivity index (χ2v) is 10.6. The minimum absolute atomic E-state index is 0.175. The first-order valence-corrected chi connectivity index (χ1v) is 12.5. The van der Waals surface area contributed by atoms with Crippen LogP contribution in [0.25, 0.3) is 0 Å². The van der Waals surface area contributed by atoms with E-state index >= 15 is 0 Å². The Labute approximate surface area is 215 Å². The number of aliphatic hydroxyl groups is 1. The zero-order chi connectivity index (χ0) is 27.1. The number of carbonyl (C=O) groups is 4. The topological polar surface area (TPSA) is 136 Å². The lowest BCUT2D eigenvalue weighted by Gasteiger charge is -2.52. The lowest BCUT2D eigenvalue weighted by Crippen LogP contribution is -2.50. The second kappa shape index (κ2) is 9.82. The highest BCUT2D eigenvalue weighted by Crippen LogP contribution is 2.64. The Morgan fingerprint density at radius 1 is 1.05 bits per heavy atom. The number of terminal acetylenes is 1. The van der Waals surface area contributed by atoms with Gasteiger partial charge in [0, 0.05) is 19.3 Å². The van der Waals surface area contributed by atoms with Crippen LogP contribution in [0.2, 0.25) is 0 Å². The molecule has 4 rings (SSSR count). The number of aliphatic carboxylic acids is 1. The Kier molecular flexibility index (Phi) is 7.08. The maximum absolute atomic E-state index is 12.8. The molecular weight excluding hydrogens is 480 g/mol. The smallest absolute Gasteiger partial charge is 0.357 e. The molecule has 0 radical (unpaired) electrons. The van der Waals surface area contributed by atoms with E-state index in [4.69, 9.17) is 20.6 Å². The molecule has 0 spiro atoms. The SMILES string of the molecule is C#C[C@]1(O)CCC2C3CCc4cc(OC(=O)C(OC(C)=O)C(OC(C)=O)C(=O)O)ccc4C3CC[C@@]21C. The molecule has 198 valence electrons. The van der Waals surface area contributed by atoms with E-state index in [2.05, 4.69) is 12.8 Å². The van der Waals surface area contributed by atoms with Crippen molar-refractivity contribution in [2.45, 2.75) is 83.0 Å². The molecule has 3 aliphatic carbocycles. The molecule has 2 N–H and O–H groups in total. The van der Waals surface area contributed by atoms with Crippen molar-refractivity contribution in [1.29, 1.82) is 0 Å². The number of hydrogen-bond acceptors (Lipinski definition) is 8. The fourth-order valence-corrected chi connectivity index (χ4v) is 6.88. The van der Waals surface area contributed by atoms with Crippen LogP contribution in [0.4, 0.5) is 0 Å². The minimum Gasteiger partial charge on any atom is -0.478 e. The van der Waals surface area contributed by atoms with E-state index in [9.17, 15) is 29.4 Å². The quantitative estimate of drug-likeness (QED) is 0.335. The molecule has 9 heteroatoms. The van der Waals surface area contributed by atoms with Crippen molar-refractivity contribution in [2.24, 2.45) is 17.3 Å². The summed E-state index contributed by atoms with van der Waals surface area (Å²) in [4.78, 5) is 47.3. The highest BCUT2D eigenvalue weighted by molar-refractivity contribution is 5.89. The molecule has 3 aliphatic rings. The van der Waals surface area contributed by atoms with E-state index in [1.807, 2.05) is 6.07 Å². The molecule has 37 heavy (non-hydrogen) atoms. The van der Waals surface area contributed by atoms with Crippen molar-refractivity contribution in [1.82, 2.24) is 0 Å². The molecule has 0 amide bonds. The lowest BCUT2D eigenvalue weighted by molar-refractivity contribution is -0.184. The van der Waals surface area contributed by atoms with Gasteiger partial charge in [-0.25, -0.2) is 9.59 Å². The van der Waals surface area contributed by atoms with Gasteiger partial charge in [-0.05, 0) is 79.5 Å². The van der Waals surface area contributed by atoms with Gasteiger partial charge in [-0.2, -0.15) is 0 Å². The van der Waals surface area contributed by atoms with Crippen LogP contribution >= 0.6 is 0 Å². The third-order valence-corrected chi connectivity index (χ3v) is 8.64. The fourth-order valence-electron chi connectivity index (χ4n) is 6.88. The summed E-state index contributed by atoms with van der Waals surface area (Å²) in [6, 6.07) is 5.29. The van der Waals surface area contributed by atoms with E-state index in [0.717, 1.165) is 51.5 Å². The van der Waals surface area contributed by atoms with Gasteiger partial charge in [0.25, 0.3) is 0 Å². The first kappa shape index (κ1) is 26.7. The molecule has 2 fully saturated rings. The molecule has 1 aromatic carbocycles. The Bertz CT molecular complexity index is 1170. The van der Waals surface area contributed by atoms with Crippen molar-refractivity contribution in [3.05, 3.63) is 29.3 Å². The monoisotopic (exact) mass is 512 g/mol. The van der Waals surface area contributed by atoms with E-state index in [0.29, 0.717) is 24.2 Å². The summed E-state index contributed by atoms with van der Waals surface area (Å²) >= 11 is 0. The fraction of sp³-hybridized carbons (Fsp3) is 0.571. The summed E-state index contributed by atoms with van der Waals surface area (Å²) in [5, 5.41) is 20.5. The Balaban J connectivity index is 1.54. The third-order valence-electron chi connectivity index (χ3n) is 8.64. The molecule has 0 heterocycles. The number of benzene rings is 1. The van der Waals surface area contributed by atoms with Gasteiger partial charge in [0.05, 0.1) is 0 Å². The zero-order valence-corrected chi connectivity index (χ0v) is 21.2. The molecule has 5 unspecified atom stereocenters. The van der Waals surface area contributed by atoms with E-state index < -0.39 is 41.7 Å². The van der Waals surface area contributed by atoms with Gasteiger partial charge in [-0.3, -0.25) is 9.59 Å². The van der Waals surface area contributed by atoms with Crippen LogP contribution in [0.5, 0.6) is 5.75 Å². The van der Waals surface area contributed by atoms with Crippen molar-refractivity contribution >= 4 is 23.9 Å². The largest absolute Gasteiger partial charge is 0.478 e. The molecule has 9 nitrogen and oxygen atoms in total. The number of carbonyl (C=O) groups excluding carboxylic acids is 3. The van der Waals surface area contributed by atoms with Gasteiger partial charge >= 0.3 is 23.9 Å². The van der Waals surface area contributed by atoms with Crippen LogP contribution in [0, 0.1) is 29.6 Å². The average Bonchev–Trinajstić information content (AvgIpc) is 3.11. The summed E-state index contributed by atoms with van der Waals surface area (Å²) in [5.41, 5.74) is 0.831. The molecule has 1 aromatic rings. The van der Waals surface area contributed by atoms with Crippen molar-refractivity contribution < 1.29 is 43.6 Å². The van der Waals surface area contributed by atoms with Gasteiger partial charge in [0.15, 0.2) is 0 Å². The number of hydrogen-bond donors (Lipinski definition) is 2. The Morgan fingerprint density at radius 2 is 1.73 bits per heavy atom. The standard InChI is InChI=1S/C28H32O9/c1-5-28(34)13-11-22-21-8-6-17-14-18(7-9-19(17)20(21)10-12-27(22,28)4)37-26(33)24(36-16(3)30)23(25(31)32)35-15(2)29/h1,7,9,14,20-24,34H,6,8,10-13H2,2-4H3,(H,31,32)/t20?,21?,22?,23?,24?,27-,28-/m0/s1. The number of rotatable bonds is 6. The zero-order valence-electron chi connectivity index (χ0n) is 21.2. The maximum Gasteiger partial charge on any atom is 0.357 e. The Hall–Kier alpha value is -3.38. The molecule has 2 saturated carbocycles. The van der Waals surface area contributed by atoms with E-state index in [1.165, 1.54) is 5.56 Å².